The Morgan fingerprint density at radius 2 is 1.75 bits per heavy atom. The van der Waals surface area contributed by atoms with Crippen LogP contribution in [0.4, 0.5) is 5.69 Å². The van der Waals surface area contributed by atoms with E-state index in [1.807, 2.05) is 42.5 Å². The van der Waals surface area contributed by atoms with Gasteiger partial charge in [0.05, 0.1) is 11.1 Å². The summed E-state index contributed by atoms with van der Waals surface area (Å²) in [5.74, 6) is 0. The molecule has 2 aromatic carbocycles. The van der Waals surface area contributed by atoms with E-state index in [2.05, 4.69) is 5.10 Å². The number of aryl methyl sites for hydroxylation is 1. The first-order chi connectivity index (χ1) is 9.18. The number of rotatable bonds is 1. The van der Waals surface area contributed by atoms with E-state index in [4.69, 9.17) is 5.73 Å². The molecule has 4 nitrogen and oxygen atoms in total. The second-order valence-corrected chi connectivity index (χ2v) is 4.41. The van der Waals surface area contributed by atoms with Gasteiger partial charge in [-0.2, -0.15) is 5.10 Å². The van der Waals surface area contributed by atoms with Crippen LogP contribution in [0.1, 0.15) is 0 Å². The lowest BCUT2D eigenvalue weighted by molar-refractivity contribution is 0.723. The number of nitrogen functional groups attached to an aromatic ring is 1. The maximum atomic E-state index is 12.2. The number of fused-ring (bicyclic) bond motifs is 1. The van der Waals surface area contributed by atoms with Crippen molar-refractivity contribution in [2.24, 2.45) is 7.05 Å². The van der Waals surface area contributed by atoms with Crippen LogP contribution in [-0.4, -0.2) is 9.78 Å². The Labute approximate surface area is 122 Å². The van der Waals surface area contributed by atoms with Crippen LogP contribution in [0.5, 0.6) is 0 Å². The van der Waals surface area contributed by atoms with Crippen molar-refractivity contribution in [3.63, 3.8) is 0 Å². The summed E-state index contributed by atoms with van der Waals surface area (Å²) in [6, 6.07) is 15.2. The predicted molar refractivity (Wildman–Crippen MR) is 84.1 cm³/mol. The van der Waals surface area contributed by atoms with Crippen molar-refractivity contribution >= 4 is 28.9 Å². The van der Waals surface area contributed by atoms with E-state index in [-0.39, 0.29) is 18.0 Å². The summed E-state index contributed by atoms with van der Waals surface area (Å²) in [5.41, 5.74) is 7.98. The van der Waals surface area contributed by atoms with Crippen molar-refractivity contribution in [1.82, 2.24) is 9.78 Å². The molecular formula is C15H14ClN3O. The van der Waals surface area contributed by atoms with Crippen LogP contribution in [-0.2, 0) is 7.05 Å². The summed E-state index contributed by atoms with van der Waals surface area (Å²) in [5, 5.41) is 5.67. The Hall–Kier alpha value is -2.33. The molecule has 3 rings (SSSR count). The highest BCUT2D eigenvalue weighted by Crippen LogP contribution is 2.26. The molecule has 0 aliphatic rings. The van der Waals surface area contributed by atoms with Crippen LogP contribution in [0.25, 0.3) is 22.0 Å². The molecule has 0 saturated carbocycles. The van der Waals surface area contributed by atoms with Gasteiger partial charge >= 0.3 is 0 Å². The minimum Gasteiger partial charge on any atom is -0.398 e. The molecule has 0 amide bonds. The number of benzene rings is 2. The van der Waals surface area contributed by atoms with E-state index in [9.17, 15) is 4.79 Å². The van der Waals surface area contributed by atoms with Gasteiger partial charge in [-0.05, 0) is 6.07 Å². The summed E-state index contributed by atoms with van der Waals surface area (Å²) in [6.45, 7) is 0. The van der Waals surface area contributed by atoms with Gasteiger partial charge in [-0.25, -0.2) is 4.68 Å². The van der Waals surface area contributed by atoms with Crippen molar-refractivity contribution in [3.8, 4) is 11.3 Å². The van der Waals surface area contributed by atoms with Crippen molar-refractivity contribution in [3.05, 3.63) is 58.9 Å². The highest BCUT2D eigenvalue weighted by Gasteiger charge is 2.12. The highest BCUT2D eigenvalue weighted by atomic mass is 35.5. The van der Waals surface area contributed by atoms with Crippen molar-refractivity contribution in [1.29, 1.82) is 0 Å². The van der Waals surface area contributed by atoms with Crippen LogP contribution < -0.4 is 11.3 Å². The summed E-state index contributed by atoms with van der Waals surface area (Å²) in [6.07, 6.45) is 0. The average Bonchev–Trinajstić information content (AvgIpc) is 2.43. The maximum Gasteiger partial charge on any atom is 0.276 e. The van der Waals surface area contributed by atoms with Crippen LogP contribution in [0.2, 0.25) is 0 Å². The van der Waals surface area contributed by atoms with Gasteiger partial charge in [-0.1, -0.05) is 42.5 Å². The standard InChI is InChI=1S/C15H13N3O.ClH/c1-18-15(19)13-11(8-5-9-12(13)16)14(17-18)10-6-3-2-4-7-10;/h2-9H,16H2,1H3;1H. The molecule has 3 aromatic rings. The topological polar surface area (TPSA) is 60.9 Å². The predicted octanol–water partition coefficient (Wildman–Crippen LogP) is 2.60. The Morgan fingerprint density at radius 1 is 1.05 bits per heavy atom. The quantitative estimate of drug-likeness (QED) is 0.700. The van der Waals surface area contributed by atoms with Gasteiger partial charge in [0.15, 0.2) is 0 Å². The van der Waals surface area contributed by atoms with Gasteiger partial charge in [-0.15, -0.1) is 12.4 Å². The molecule has 1 aromatic heterocycles. The van der Waals surface area contributed by atoms with Gasteiger partial charge in [-0.3, -0.25) is 4.79 Å². The first-order valence-electron chi connectivity index (χ1n) is 5.99. The lowest BCUT2D eigenvalue weighted by atomic mass is 10.0. The Kier molecular flexibility index (Phi) is 3.77. The van der Waals surface area contributed by atoms with E-state index >= 15 is 0 Å². The Balaban J connectivity index is 0.00000147. The van der Waals surface area contributed by atoms with E-state index in [0.29, 0.717) is 11.1 Å². The first-order valence-corrected chi connectivity index (χ1v) is 5.99. The number of hydrogen-bond acceptors (Lipinski definition) is 3. The van der Waals surface area contributed by atoms with Crippen molar-refractivity contribution in [2.45, 2.75) is 0 Å². The molecule has 0 fully saturated rings. The normalized spacial score (nSPS) is 10.2. The van der Waals surface area contributed by atoms with Gasteiger partial charge < -0.3 is 5.73 Å². The lowest BCUT2D eigenvalue weighted by Gasteiger charge is -2.09. The summed E-state index contributed by atoms with van der Waals surface area (Å²) in [7, 11) is 1.64. The zero-order valence-electron chi connectivity index (χ0n) is 10.9. The Morgan fingerprint density at radius 3 is 2.45 bits per heavy atom. The fourth-order valence-corrected chi connectivity index (χ4v) is 2.23. The third-order valence-corrected chi connectivity index (χ3v) is 3.16. The SMILES string of the molecule is Cl.Cn1nc(-c2ccccc2)c2cccc(N)c2c1=O. The summed E-state index contributed by atoms with van der Waals surface area (Å²) in [4.78, 5) is 12.2. The van der Waals surface area contributed by atoms with Crippen LogP contribution in [0.3, 0.4) is 0 Å². The number of nitrogens with zero attached hydrogens (tertiary/aromatic N) is 2. The number of anilines is 1. The number of aromatic nitrogens is 2. The minimum absolute atomic E-state index is 0. The number of hydrogen-bond donors (Lipinski definition) is 1. The molecule has 0 radical (unpaired) electrons. The molecule has 0 spiro atoms. The molecule has 5 heteroatoms. The fraction of sp³-hybridized carbons (Fsp3) is 0.0667. The summed E-state index contributed by atoms with van der Waals surface area (Å²) < 4.78 is 1.33. The molecule has 0 bridgehead atoms. The fourth-order valence-electron chi connectivity index (χ4n) is 2.23. The number of halogens is 1. The monoisotopic (exact) mass is 287 g/mol. The van der Waals surface area contributed by atoms with Crippen LogP contribution in [0, 0.1) is 0 Å². The molecule has 20 heavy (non-hydrogen) atoms. The van der Waals surface area contributed by atoms with Gasteiger partial charge in [0.25, 0.3) is 5.56 Å². The third kappa shape index (κ3) is 2.14. The lowest BCUT2D eigenvalue weighted by Crippen LogP contribution is -2.21. The number of nitrogens with two attached hydrogens (primary N) is 1. The maximum absolute atomic E-state index is 12.2. The molecule has 0 atom stereocenters. The first kappa shape index (κ1) is 14.1. The Bertz CT molecular complexity index is 812. The highest BCUT2D eigenvalue weighted by molar-refractivity contribution is 6.00. The van der Waals surface area contributed by atoms with E-state index < -0.39 is 0 Å². The minimum atomic E-state index is -0.173. The van der Waals surface area contributed by atoms with Gasteiger partial charge in [0, 0.05) is 23.7 Å². The molecule has 0 aliphatic heterocycles. The molecule has 2 N–H and O–H groups in total. The van der Waals surface area contributed by atoms with Crippen LogP contribution >= 0.6 is 12.4 Å². The molecule has 102 valence electrons. The molecular weight excluding hydrogens is 274 g/mol. The zero-order chi connectivity index (χ0) is 13.4. The van der Waals surface area contributed by atoms with E-state index in [0.717, 1.165) is 16.6 Å². The second-order valence-electron chi connectivity index (χ2n) is 4.41. The van der Waals surface area contributed by atoms with Crippen LogP contribution in [0.15, 0.2) is 53.3 Å². The molecule has 0 unspecified atom stereocenters. The third-order valence-electron chi connectivity index (χ3n) is 3.16. The smallest absolute Gasteiger partial charge is 0.276 e. The molecule has 0 aliphatic carbocycles. The van der Waals surface area contributed by atoms with E-state index in [1.54, 1.807) is 13.1 Å². The van der Waals surface area contributed by atoms with Gasteiger partial charge in [0.2, 0.25) is 0 Å². The van der Waals surface area contributed by atoms with Gasteiger partial charge in [0.1, 0.15) is 0 Å². The molecule has 1 heterocycles. The second kappa shape index (κ2) is 5.35. The van der Waals surface area contributed by atoms with E-state index in [1.165, 1.54) is 4.68 Å². The largest absolute Gasteiger partial charge is 0.398 e. The summed E-state index contributed by atoms with van der Waals surface area (Å²) >= 11 is 0. The zero-order valence-corrected chi connectivity index (χ0v) is 11.7. The van der Waals surface area contributed by atoms with Crippen molar-refractivity contribution < 1.29 is 0 Å². The molecule has 0 saturated heterocycles. The average molecular weight is 288 g/mol. The van der Waals surface area contributed by atoms with Crippen molar-refractivity contribution in [2.75, 3.05) is 5.73 Å².